The Morgan fingerprint density at radius 2 is 1.31 bits per heavy atom. The monoisotopic (exact) mass is 206 g/mol. The minimum atomic E-state index is 0.835. The normalized spacial score (nSPS) is 16.2. The second-order valence-corrected chi connectivity index (χ2v) is 3.76. The number of allylic oxidation sites excluding steroid dienone is 2. The predicted octanol–water partition coefficient (Wildman–Crippen LogP) is 3.13. The maximum absolute atomic E-state index is 3.19. The molecule has 1 aliphatic rings. The van der Waals surface area contributed by atoms with Crippen LogP contribution >= 0.6 is 0 Å². The first-order chi connectivity index (χ1) is 7.95. The average Bonchev–Trinajstić information content (AvgIpc) is 2.32. The number of hydrogen-bond donors (Lipinski definition) is 0. The standard InChI is InChI=1S/C16H14/c1-2-4-6-8-11-16-13-9-12-15(14-16)10-7-5-3-1/h1-2,9,12-14H,3-4,10-11H2/b2-1-. The van der Waals surface area contributed by atoms with Gasteiger partial charge in [0.25, 0.3) is 0 Å². The Bertz CT molecular complexity index is 455. The highest BCUT2D eigenvalue weighted by molar-refractivity contribution is 5.30. The van der Waals surface area contributed by atoms with Crippen molar-refractivity contribution >= 4 is 0 Å². The van der Waals surface area contributed by atoms with Crippen LogP contribution in [0.3, 0.4) is 0 Å². The zero-order valence-corrected chi connectivity index (χ0v) is 9.29. The predicted molar refractivity (Wildman–Crippen MR) is 67.8 cm³/mol. The molecule has 0 nitrogen and oxygen atoms in total. The second kappa shape index (κ2) is 5.84. The summed E-state index contributed by atoms with van der Waals surface area (Å²) in [6, 6.07) is 8.54. The van der Waals surface area contributed by atoms with Gasteiger partial charge in [-0.2, -0.15) is 0 Å². The van der Waals surface area contributed by atoms with Gasteiger partial charge in [0.2, 0.25) is 0 Å². The van der Waals surface area contributed by atoms with Crippen molar-refractivity contribution in [1.29, 1.82) is 0 Å². The molecule has 0 saturated carbocycles. The minimum Gasteiger partial charge on any atom is -0.0988 e. The summed E-state index contributed by atoms with van der Waals surface area (Å²) in [5.74, 6) is 12.7. The Morgan fingerprint density at radius 3 is 1.88 bits per heavy atom. The molecular formula is C16H14. The summed E-state index contributed by atoms with van der Waals surface area (Å²) in [7, 11) is 0. The van der Waals surface area contributed by atoms with Crippen LogP contribution in [0.5, 0.6) is 0 Å². The lowest BCUT2D eigenvalue weighted by molar-refractivity contribution is 1.24. The van der Waals surface area contributed by atoms with E-state index in [2.05, 4.69) is 60.1 Å². The molecule has 1 aromatic rings. The number of hydrogen-bond acceptors (Lipinski definition) is 0. The Kier molecular flexibility index (Phi) is 3.87. The Balaban J connectivity index is 2.22. The molecule has 0 heteroatoms. The lowest BCUT2D eigenvalue weighted by atomic mass is 10.1. The molecule has 2 bridgehead atoms. The second-order valence-electron chi connectivity index (χ2n) is 3.76. The highest BCUT2D eigenvalue weighted by Gasteiger charge is 1.93. The lowest BCUT2D eigenvalue weighted by Crippen LogP contribution is -1.86. The molecule has 0 amide bonds. The van der Waals surface area contributed by atoms with Gasteiger partial charge in [0.15, 0.2) is 0 Å². The summed E-state index contributed by atoms with van der Waals surface area (Å²) < 4.78 is 0. The fourth-order valence-electron chi connectivity index (χ4n) is 1.61. The van der Waals surface area contributed by atoms with Gasteiger partial charge in [0, 0.05) is 25.7 Å². The molecule has 0 unspecified atom stereocenters. The topological polar surface area (TPSA) is 0 Å². The average molecular weight is 206 g/mol. The minimum absolute atomic E-state index is 0.835. The summed E-state index contributed by atoms with van der Waals surface area (Å²) in [5.41, 5.74) is 2.57. The first kappa shape index (κ1) is 10.6. The van der Waals surface area contributed by atoms with Gasteiger partial charge < -0.3 is 0 Å². The maximum Gasteiger partial charge on any atom is 0.0340 e. The molecule has 0 atom stereocenters. The molecular weight excluding hydrogens is 192 g/mol. The quantitative estimate of drug-likeness (QED) is 0.452. The van der Waals surface area contributed by atoms with E-state index in [9.17, 15) is 0 Å². The number of benzene rings is 1. The third-order valence-electron chi connectivity index (χ3n) is 2.43. The van der Waals surface area contributed by atoms with Gasteiger partial charge in [-0.3, -0.25) is 0 Å². The molecule has 0 heterocycles. The van der Waals surface area contributed by atoms with Crippen molar-refractivity contribution in [1.82, 2.24) is 0 Å². The molecule has 0 N–H and O–H groups in total. The maximum atomic E-state index is 3.19. The van der Waals surface area contributed by atoms with Crippen molar-refractivity contribution in [2.45, 2.75) is 25.7 Å². The molecule has 16 heavy (non-hydrogen) atoms. The molecule has 1 aliphatic carbocycles. The molecule has 78 valence electrons. The summed E-state index contributed by atoms with van der Waals surface area (Å²) in [6.45, 7) is 0. The van der Waals surface area contributed by atoms with Crippen LogP contribution in [-0.2, 0) is 12.8 Å². The SMILES string of the molecule is C1#CCc2cccc(c2)CC#CC/C=C\C1. The molecule has 0 fully saturated rings. The molecule has 0 radical (unpaired) electrons. The van der Waals surface area contributed by atoms with Crippen molar-refractivity contribution in [3.8, 4) is 23.7 Å². The fraction of sp³-hybridized carbons (Fsp3) is 0.250. The van der Waals surface area contributed by atoms with Crippen molar-refractivity contribution in [3.05, 3.63) is 47.5 Å². The van der Waals surface area contributed by atoms with Gasteiger partial charge in [-0.15, -0.1) is 0 Å². The molecule has 0 spiro atoms. The van der Waals surface area contributed by atoms with E-state index in [1.165, 1.54) is 11.1 Å². The van der Waals surface area contributed by atoms with Crippen molar-refractivity contribution < 1.29 is 0 Å². The van der Waals surface area contributed by atoms with Crippen LogP contribution in [0.4, 0.5) is 0 Å². The van der Waals surface area contributed by atoms with Crippen LogP contribution in [-0.4, -0.2) is 0 Å². The Labute approximate surface area is 97.4 Å². The molecule has 0 aliphatic heterocycles. The summed E-state index contributed by atoms with van der Waals surface area (Å²) in [4.78, 5) is 0. The molecule has 2 rings (SSSR count). The van der Waals surface area contributed by atoms with Crippen molar-refractivity contribution in [2.24, 2.45) is 0 Å². The van der Waals surface area contributed by atoms with E-state index in [0.29, 0.717) is 0 Å². The van der Waals surface area contributed by atoms with Crippen molar-refractivity contribution in [2.75, 3.05) is 0 Å². The van der Waals surface area contributed by atoms with Crippen LogP contribution in [0, 0.1) is 23.7 Å². The zero-order valence-electron chi connectivity index (χ0n) is 9.29. The zero-order chi connectivity index (χ0) is 11.1. The van der Waals surface area contributed by atoms with E-state index in [0.717, 1.165) is 25.7 Å². The van der Waals surface area contributed by atoms with E-state index >= 15 is 0 Å². The van der Waals surface area contributed by atoms with Gasteiger partial charge in [0.05, 0.1) is 0 Å². The van der Waals surface area contributed by atoms with Crippen LogP contribution in [0.1, 0.15) is 24.0 Å². The first-order valence-electron chi connectivity index (χ1n) is 5.59. The lowest BCUT2D eigenvalue weighted by Gasteiger charge is -1.98. The van der Waals surface area contributed by atoms with E-state index in [1.54, 1.807) is 0 Å². The van der Waals surface area contributed by atoms with Crippen LogP contribution in [0.2, 0.25) is 0 Å². The van der Waals surface area contributed by atoms with Gasteiger partial charge in [0.1, 0.15) is 0 Å². The van der Waals surface area contributed by atoms with Crippen LogP contribution < -0.4 is 0 Å². The molecule has 0 aromatic heterocycles. The van der Waals surface area contributed by atoms with E-state index in [1.807, 2.05) is 0 Å². The van der Waals surface area contributed by atoms with E-state index < -0.39 is 0 Å². The van der Waals surface area contributed by atoms with Gasteiger partial charge >= 0.3 is 0 Å². The first-order valence-corrected chi connectivity index (χ1v) is 5.59. The Hall–Kier alpha value is -1.92. The van der Waals surface area contributed by atoms with E-state index in [4.69, 9.17) is 0 Å². The Morgan fingerprint density at radius 1 is 0.750 bits per heavy atom. The van der Waals surface area contributed by atoms with Crippen LogP contribution in [0.25, 0.3) is 0 Å². The number of rotatable bonds is 0. The summed E-state index contributed by atoms with van der Waals surface area (Å²) in [6.07, 6.45) is 7.54. The smallest absolute Gasteiger partial charge is 0.0340 e. The highest BCUT2D eigenvalue weighted by Crippen LogP contribution is 2.06. The van der Waals surface area contributed by atoms with Gasteiger partial charge in [-0.1, -0.05) is 60.1 Å². The molecule has 1 aromatic carbocycles. The number of fused-ring (bicyclic) bond motifs is 2. The molecule has 0 saturated heterocycles. The van der Waals surface area contributed by atoms with Crippen molar-refractivity contribution in [3.63, 3.8) is 0 Å². The summed E-state index contributed by atoms with van der Waals surface area (Å²) >= 11 is 0. The summed E-state index contributed by atoms with van der Waals surface area (Å²) in [5, 5.41) is 0. The van der Waals surface area contributed by atoms with Gasteiger partial charge in [-0.25, -0.2) is 0 Å². The third kappa shape index (κ3) is 3.34. The van der Waals surface area contributed by atoms with Gasteiger partial charge in [-0.05, 0) is 11.1 Å². The van der Waals surface area contributed by atoms with E-state index in [-0.39, 0.29) is 0 Å². The highest BCUT2D eigenvalue weighted by atomic mass is 14.0. The third-order valence-corrected chi connectivity index (χ3v) is 2.43. The largest absolute Gasteiger partial charge is 0.0988 e. The fourth-order valence-corrected chi connectivity index (χ4v) is 1.61. The van der Waals surface area contributed by atoms with Crippen LogP contribution in [0.15, 0.2) is 36.4 Å².